The van der Waals surface area contributed by atoms with Crippen molar-refractivity contribution in [2.75, 3.05) is 0 Å². The first-order chi connectivity index (χ1) is 19.9. The summed E-state index contributed by atoms with van der Waals surface area (Å²) in [5, 5.41) is 3.06. The molecule has 4 aliphatic rings. The van der Waals surface area contributed by atoms with Crippen molar-refractivity contribution >= 4 is 18.4 Å². The van der Waals surface area contributed by atoms with E-state index in [1.807, 2.05) is 0 Å². The summed E-state index contributed by atoms with van der Waals surface area (Å²) in [5.41, 5.74) is 9.90. The molecule has 4 atom stereocenters. The standard InChI is InChI=1S/C40H44Si/c1-27(2)33-21-13-15-23-35-37(33)25-29(5)39(35)41(31-17-9-7-10-18-31,32-19-11-8-12-20-32)40-30(6)26-38-34(28(3)4)22-14-16-24-36(38)40/h7-28,33-34,39-40H,1-6H3. The lowest BCUT2D eigenvalue weighted by Gasteiger charge is -2.46. The first-order valence-corrected chi connectivity index (χ1v) is 17.7. The van der Waals surface area contributed by atoms with Crippen LogP contribution in [-0.2, 0) is 0 Å². The molecular formula is C40H44Si. The van der Waals surface area contributed by atoms with E-state index in [1.165, 1.54) is 32.7 Å². The van der Waals surface area contributed by atoms with Gasteiger partial charge >= 0.3 is 0 Å². The highest BCUT2D eigenvalue weighted by atomic mass is 28.3. The van der Waals surface area contributed by atoms with Gasteiger partial charge in [0, 0.05) is 22.9 Å². The molecule has 0 saturated carbocycles. The molecule has 0 saturated heterocycles. The average molecular weight is 553 g/mol. The molecule has 0 bridgehead atoms. The van der Waals surface area contributed by atoms with Crippen LogP contribution in [0.3, 0.4) is 0 Å². The molecule has 4 unspecified atom stereocenters. The molecule has 0 amide bonds. The highest BCUT2D eigenvalue weighted by Crippen LogP contribution is 2.57. The molecule has 0 nitrogen and oxygen atoms in total. The van der Waals surface area contributed by atoms with Gasteiger partial charge in [-0.15, -0.1) is 0 Å². The van der Waals surface area contributed by atoms with Crippen LogP contribution in [0, 0.1) is 23.7 Å². The van der Waals surface area contributed by atoms with Crippen molar-refractivity contribution in [3.63, 3.8) is 0 Å². The van der Waals surface area contributed by atoms with E-state index in [2.05, 4.69) is 163 Å². The summed E-state index contributed by atoms with van der Waals surface area (Å²) in [6.07, 6.45) is 24.1. The van der Waals surface area contributed by atoms with Gasteiger partial charge in [-0.25, -0.2) is 0 Å². The molecule has 1 heteroatoms. The first kappa shape index (κ1) is 27.7. The number of hydrogen-bond acceptors (Lipinski definition) is 0. The van der Waals surface area contributed by atoms with Gasteiger partial charge in [-0.05, 0) is 48.0 Å². The number of benzene rings is 2. The van der Waals surface area contributed by atoms with Crippen LogP contribution in [-0.4, -0.2) is 8.07 Å². The average Bonchev–Trinajstić information content (AvgIpc) is 3.26. The normalized spacial score (nSPS) is 25.5. The van der Waals surface area contributed by atoms with Crippen molar-refractivity contribution in [3.05, 3.63) is 155 Å². The van der Waals surface area contributed by atoms with Crippen LogP contribution in [0.5, 0.6) is 0 Å². The van der Waals surface area contributed by atoms with Gasteiger partial charge in [-0.2, -0.15) is 0 Å². The van der Waals surface area contributed by atoms with E-state index in [1.54, 1.807) is 11.1 Å². The summed E-state index contributed by atoms with van der Waals surface area (Å²) in [4.78, 5) is 0. The molecule has 6 rings (SSSR count). The Kier molecular flexibility index (Phi) is 7.51. The second-order valence-electron chi connectivity index (χ2n) is 13.1. The zero-order valence-electron chi connectivity index (χ0n) is 25.5. The monoisotopic (exact) mass is 552 g/mol. The molecule has 0 N–H and O–H groups in total. The van der Waals surface area contributed by atoms with Gasteiger partial charge in [0.05, 0.1) is 0 Å². The fraction of sp³-hybridized carbons (Fsp3) is 0.300. The third-order valence-electron chi connectivity index (χ3n) is 9.94. The Morgan fingerprint density at radius 3 is 1.27 bits per heavy atom. The zero-order valence-corrected chi connectivity index (χ0v) is 26.5. The van der Waals surface area contributed by atoms with Crippen LogP contribution in [0.4, 0.5) is 0 Å². The summed E-state index contributed by atoms with van der Waals surface area (Å²) in [6.45, 7) is 14.3. The van der Waals surface area contributed by atoms with E-state index in [0.29, 0.717) is 34.8 Å². The maximum atomic E-state index is 2.57. The van der Waals surface area contributed by atoms with Gasteiger partial charge in [0.1, 0.15) is 8.07 Å². The summed E-state index contributed by atoms with van der Waals surface area (Å²) in [6, 6.07) is 23.3. The van der Waals surface area contributed by atoms with Crippen molar-refractivity contribution in [2.45, 2.75) is 52.6 Å². The Labute approximate surface area is 249 Å². The summed E-state index contributed by atoms with van der Waals surface area (Å²) in [5.74, 6) is 1.96. The van der Waals surface area contributed by atoms with Gasteiger partial charge in [0.25, 0.3) is 0 Å². The molecule has 0 radical (unpaired) electrons. The summed E-state index contributed by atoms with van der Waals surface area (Å²) >= 11 is 0. The maximum Gasteiger partial charge on any atom is 0.140 e. The van der Waals surface area contributed by atoms with Crippen molar-refractivity contribution in [3.8, 4) is 0 Å². The lowest BCUT2D eigenvalue weighted by molar-refractivity contribution is 0.533. The minimum absolute atomic E-state index is 0.349. The molecule has 2 aromatic carbocycles. The van der Waals surface area contributed by atoms with Gasteiger partial charge in [-0.3, -0.25) is 0 Å². The molecule has 4 aliphatic carbocycles. The minimum atomic E-state index is -2.61. The van der Waals surface area contributed by atoms with E-state index in [0.717, 1.165) is 0 Å². The quantitative estimate of drug-likeness (QED) is 0.313. The van der Waals surface area contributed by atoms with Crippen molar-refractivity contribution in [1.82, 2.24) is 0 Å². The van der Waals surface area contributed by atoms with Crippen molar-refractivity contribution in [2.24, 2.45) is 23.7 Å². The first-order valence-electron chi connectivity index (χ1n) is 15.5. The summed E-state index contributed by atoms with van der Waals surface area (Å²) < 4.78 is 0. The van der Waals surface area contributed by atoms with Crippen LogP contribution >= 0.6 is 0 Å². The van der Waals surface area contributed by atoms with E-state index in [4.69, 9.17) is 0 Å². The topological polar surface area (TPSA) is 0 Å². The van der Waals surface area contributed by atoms with Gasteiger partial charge in [0.15, 0.2) is 0 Å². The van der Waals surface area contributed by atoms with Gasteiger partial charge < -0.3 is 0 Å². The Balaban J connectivity index is 1.71. The number of hydrogen-bond donors (Lipinski definition) is 0. The fourth-order valence-electron chi connectivity index (χ4n) is 8.30. The van der Waals surface area contributed by atoms with Crippen LogP contribution in [0.2, 0.25) is 11.1 Å². The van der Waals surface area contributed by atoms with Crippen molar-refractivity contribution < 1.29 is 0 Å². The maximum absolute atomic E-state index is 2.61. The van der Waals surface area contributed by atoms with E-state index in [9.17, 15) is 0 Å². The zero-order chi connectivity index (χ0) is 28.7. The largest absolute Gasteiger partial charge is 0.140 e. The van der Waals surface area contributed by atoms with Crippen LogP contribution in [0.1, 0.15) is 41.5 Å². The van der Waals surface area contributed by atoms with Crippen LogP contribution in [0.15, 0.2) is 155 Å². The lowest BCUT2D eigenvalue weighted by Crippen LogP contribution is -2.65. The van der Waals surface area contributed by atoms with E-state index >= 15 is 0 Å². The number of allylic oxidation sites excluding steroid dienone is 16. The summed E-state index contributed by atoms with van der Waals surface area (Å²) in [7, 11) is -2.61. The van der Waals surface area contributed by atoms with E-state index in [-0.39, 0.29) is 0 Å². The highest BCUT2D eigenvalue weighted by molar-refractivity contribution is 7.06. The molecule has 0 fully saturated rings. The smallest absolute Gasteiger partial charge is 0.0767 e. The lowest BCUT2D eigenvalue weighted by atomic mass is 9.87. The van der Waals surface area contributed by atoms with E-state index < -0.39 is 8.07 Å². The molecule has 41 heavy (non-hydrogen) atoms. The third kappa shape index (κ3) is 4.50. The molecule has 0 aromatic heterocycles. The molecular weight excluding hydrogens is 509 g/mol. The molecule has 0 spiro atoms. The predicted molar refractivity (Wildman–Crippen MR) is 180 cm³/mol. The van der Waals surface area contributed by atoms with Crippen LogP contribution < -0.4 is 10.4 Å². The molecule has 2 aromatic rings. The van der Waals surface area contributed by atoms with Gasteiger partial charge in [0.2, 0.25) is 0 Å². The van der Waals surface area contributed by atoms with Gasteiger partial charge in [-0.1, -0.05) is 171 Å². The predicted octanol–water partition coefficient (Wildman–Crippen LogP) is 9.30. The fourth-order valence-corrected chi connectivity index (χ4v) is 14.9. The minimum Gasteiger partial charge on any atom is -0.0767 e. The Hall–Kier alpha value is -3.42. The molecule has 0 aliphatic heterocycles. The Morgan fingerprint density at radius 2 is 0.902 bits per heavy atom. The SMILES string of the molecule is CC1=CC2=C(C=CC=CC2C(C)C)C1[Si](c1ccccc1)(c1ccccc1)C1C(C)=CC2=C1C=CC=CC2C(C)C. The molecule has 208 valence electrons. The highest BCUT2D eigenvalue weighted by Gasteiger charge is 2.56. The second-order valence-corrected chi connectivity index (χ2v) is 17.1. The van der Waals surface area contributed by atoms with Crippen molar-refractivity contribution in [1.29, 1.82) is 0 Å². The Bertz CT molecular complexity index is 1430. The van der Waals surface area contributed by atoms with Crippen LogP contribution in [0.25, 0.3) is 0 Å². The Morgan fingerprint density at radius 1 is 0.512 bits per heavy atom. The third-order valence-corrected chi connectivity index (χ3v) is 15.9. The molecule has 0 heterocycles. The second kappa shape index (κ2) is 11.1. The number of rotatable bonds is 6.